The molecule has 0 radical (unpaired) electrons. The van der Waals surface area contributed by atoms with Gasteiger partial charge in [0.05, 0.1) is 84.1 Å². The van der Waals surface area contributed by atoms with Crippen molar-refractivity contribution in [3.8, 4) is 48.6 Å². The lowest BCUT2D eigenvalue weighted by Crippen LogP contribution is -2.27. The van der Waals surface area contributed by atoms with Crippen LogP contribution in [0.1, 0.15) is 193 Å². The third-order valence-corrected chi connectivity index (χ3v) is 25.9. The number of aliphatic hydroxyl groups is 3. The first kappa shape index (κ1) is 106. The Morgan fingerprint density at radius 3 is 0.934 bits per heavy atom. The van der Waals surface area contributed by atoms with Crippen molar-refractivity contribution in [1.82, 2.24) is 16.0 Å². The third-order valence-electron chi connectivity index (χ3n) is 21.5. The predicted molar refractivity (Wildman–Crippen MR) is 542 cm³/mol. The number of rotatable bonds is 45. The van der Waals surface area contributed by atoms with Crippen LogP contribution in [0.3, 0.4) is 0 Å². The monoisotopic (exact) mass is 2000 g/mol. The number of ketones is 6. The zero-order chi connectivity index (χ0) is 97.8. The number of carbonyl (C=O) groups excluding carboxylic acids is 9. The molecular formula is C106H107BrCl2N6O18S3. The van der Waals surface area contributed by atoms with Crippen molar-refractivity contribution in [2.45, 2.75) is 85.5 Å². The number of thiophene rings is 3. The maximum atomic E-state index is 13.0. The van der Waals surface area contributed by atoms with Crippen LogP contribution in [-0.2, 0) is 38.9 Å². The summed E-state index contributed by atoms with van der Waals surface area (Å²) >= 11 is 19.7. The second-order valence-corrected chi connectivity index (χ2v) is 36.7. The van der Waals surface area contributed by atoms with Crippen LogP contribution in [0.15, 0.2) is 248 Å². The molecule has 3 amide bonds. The Morgan fingerprint density at radius 2 is 0.640 bits per heavy atom. The second-order valence-electron chi connectivity index (χ2n) is 32.3. The number of ether oxygens (including phenoxy) is 3. The zero-order valence-corrected chi connectivity index (χ0v) is 81.6. The average molecular weight is 2000 g/mol. The Hall–Kier alpha value is -12.3. The molecule has 9 aromatic carbocycles. The van der Waals surface area contributed by atoms with Gasteiger partial charge in [0.1, 0.15) is 36.9 Å². The second kappa shape index (κ2) is 53.3. The molecule has 0 atom stereocenters. The topological polar surface area (TPSA) is 376 Å². The summed E-state index contributed by atoms with van der Waals surface area (Å²) in [5.74, 6) is -1.32. The highest BCUT2D eigenvalue weighted by atomic mass is 79.9. The van der Waals surface area contributed by atoms with Crippen molar-refractivity contribution in [3.05, 3.63) is 332 Å². The summed E-state index contributed by atoms with van der Waals surface area (Å²) < 4.78 is 16.3. The van der Waals surface area contributed by atoms with E-state index in [1.54, 1.807) is 154 Å². The largest absolute Gasteiger partial charge is 0.506 e. The molecule has 0 saturated heterocycles. The van der Waals surface area contributed by atoms with Gasteiger partial charge in [-0.15, -0.1) is 34.0 Å². The molecule has 0 fully saturated rings. The molecule has 12 aromatic rings. The summed E-state index contributed by atoms with van der Waals surface area (Å²) in [4.78, 5) is 130. The maximum Gasteiger partial charge on any atom is 0.251 e. The van der Waals surface area contributed by atoms with Crippen LogP contribution in [-0.4, -0.2) is 199 Å². The molecule has 708 valence electrons. The minimum Gasteiger partial charge on any atom is -0.506 e. The van der Waals surface area contributed by atoms with Gasteiger partial charge < -0.3 is 60.8 Å². The molecule has 0 saturated carbocycles. The molecule has 0 bridgehead atoms. The fourth-order valence-corrected chi connectivity index (χ4v) is 17.3. The van der Waals surface area contributed by atoms with Crippen LogP contribution >= 0.6 is 73.1 Å². The summed E-state index contributed by atoms with van der Waals surface area (Å²) in [7, 11) is 0. The Morgan fingerprint density at radius 1 is 0.353 bits per heavy atom. The lowest BCUT2D eigenvalue weighted by Gasteiger charge is -2.19. The van der Waals surface area contributed by atoms with E-state index in [0.29, 0.717) is 158 Å². The van der Waals surface area contributed by atoms with Gasteiger partial charge in [-0.25, -0.2) is 0 Å². The number of aromatic hydroxyl groups is 3. The van der Waals surface area contributed by atoms with Crippen LogP contribution < -0.4 is 16.0 Å². The van der Waals surface area contributed by atoms with E-state index < -0.39 is 0 Å². The Labute approximate surface area is 820 Å². The molecule has 136 heavy (non-hydrogen) atoms. The average Bonchev–Trinajstić information content (AvgIpc) is 1.66. The number of aryl methyl sites for hydroxylation is 3. The molecule has 3 heterocycles. The predicted octanol–water partition coefficient (Wildman–Crippen LogP) is 19.5. The molecule has 0 spiro atoms. The molecule has 0 aliphatic carbocycles. The van der Waals surface area contributed by atoms with E-state index in [1.807, 2.05) is 83.6 Å². The Balaban J connectivity index is 0.000000211. The fourth-order valence-electron chi connectivity index (χ4n) is 13.7. The smallest absolute Gasteiger partial charge is 0.251 e. The van der Waals surface area contributed by atoms with Crippen LogP contribution in [0.2, 0.25) is 10.0 Å². The highest BCUT2D eigenvalue weighted by molar-refractivity contribution is 9.10. The van der Waals surface area contributed by atoms with E-state index in [0.717, 1.165) is 47.6 Å². The molecule has 0 unspecified atom stereocenters. The molecule has 30 heteroatoms. The molecule has 9 N–H and O–H groups in total. The van der Waals surface area contributed by atoms with Crippen molar-refractivity contribution in [3.63, 3.8) is 0 Å². The molecule has 12 rings (SSSR count). The molecular weight excluding hydrogens is 1890 g/mol. The van der Waals surface area contributed by atoms with Crippen molar-refractivity contribution in [1.29, 1.82) is 0 Å². The minimum atomic E-state index is -0.253. The van der Waals surface area contributed by atoms with Gasteiger partial charge in [-0.1, -0.05) is 193 Å². The van der Waals surface area contributed by atoms with Crippen LogP contribution in [0.4, 0.5) is 0 Å². The highest BCUT2D eigenvalue weighted by Gasteiger charge is 2.24. The van der Waals surface area contributed by atoms with Crippen molar-refractivity contribution < 1.29 is 88.0 Å². The third kappa shape index (κ3) is 31.7. The first-order chi connectivity index (χ1) is 65.4. The number of nitrogens with zero attached hydrogens (tertiary/aromatic N) is 3. The minimum absolute atomic E-state index is 0.0394. The van der Waals surface area contributed by atoms with Crippen LogP contribution in [0.5, 0.6) is 17.2 Å². The molecule has 3 aromatic heterocycles. The van der Waals surface area contributed by atoms with E-state index in [-0.39, 0.29) is 154 Å². The van der Waals surface area contributed by atoms with E-state index in [1.165, 1.54) is 39.6 Å². The summed E-state index contributed by atoms with van der Waals surface area (Å²) in [6.45, 7) is 13.9. The zero-order valence-electron chi connectivity index (χ0n) is 76.1. The normalized spacial score (nSPS) is 11.5. The van der Waals surface area contributed by atoms with Gasteiger partial charge in [-0.3, -0.25) is 58.1 Å². The van der Waals surface area contributed by atoms with Gasteiger partial charge in [0.15, 0.2) is 34.7 Å². The van der Waals surface area contributed by atoms with Gasteiger partial charge in [0.2, 0.25) is 0 Å². The quantitative estimate of drug-likeness (QED) is 0.00972. The van der Waals surface area contributed by atoms with Crippen molar-refractivity contribution in [2.75, 3.05) is 98.7 Å². The Kier molecular flexibility index (Phi) is 41.5. The summed E-state index contributed by atoms with van der Waals surface area (Å²) in [5.41, 5.74) is 13.9. The van der Waals surface area contributed by atoms with Crippen molar-refractivity contribution >= 4 is 143 Å². The number of amides is 3. The summed E-state index contributed by atoms with van der Waals surface area (Å²) in [5, 5.41) is 73.2. The summed E-state index contributed by atoms with van der Waals surface area (Å²) in [6.07, 6.45) is 2.20. The van der Waals surface area contributed by atoms with Crippen LogP contribution in [0.25, 0.3) is 31.3 Å². The van der Waals surface area contributed by atoms with E-state index in [2.05, 4.69) is 79.8 Å². The first-order valence-corrected chi connectivity index (χ1v) is 48.1. The van der Waals surface area contributed by atoms with E-state index in [4.69, 9.17) is 52.7 Å². The van der Waals surface area contributed by atoms with Crippen molar-refractivity contribution in [2.24, 2.45) is 15.0 Å². The number of nitrogens with one attached hydrogen (secondary N) is 3. The van der Waals surface area contributed by atoms with Gasteiger partial charge in [0.25, 0.3) is 17.7 Å². The number of carbonyl (C=O) groups is 9. The molecule has 24 nitrogen and oxygen atoms in total. The highest BCUT2D eigenvalue weighted by Crippen LogP contribution is 2.43. The number of halogens is 3. The molecule has 0 aliphatic heterocycles. The van der Waals surface area contributed by atoms with Gasteiger partial charge in [-0.2, -0.15) is 0 Å². The van der Waals surface area contributed by atoms with Gasteiger partial charge in [-0.05, 0) is 163 Å². The lowest BCUT2D eigenvalue weighted by molar-refractivity contribution is 0.0834. The number of aliphatic imine (C=N–C) groups is 3. The van der Waals surface area contributed by atoms with Crippen LogP contribution in [0, 0.1) is 0 Å². The lowest BCUT2D eigenvalue weighted by atomic mass is 9.86. The summed E-state index contributed by atoms with van der Waals surface area (Å²) in [6, 6.07) is 62.0. The first-order valence-electron chi connectivity index (χ1n) is 43.9. The van der Waals surface area contributed by atoms with E-state index in [9.17, 15) is 58.5 Å². The number of benzene rings is 9. The number of hydrogen-bond donors (Lipinski definition) is 9. The number of hydrogen-bond acceptors (Lipinski definition) is 24. The standard InChI is InChI=1S/C38H42N2O6S.C34H33BrN2O6S.C34H32Cl2N2O6S/c1-25(32-24-47-36(35(32)44)27-13-15-31(16-14-27)38(2,3)4)40-23-34(43)30-7-5-6-29(22-30)33(42)17-10-26-8-11-28(12-9-26)37(45)39-18-20-46-21-19-41;1-22(29-21-44-33(32(29)41)24-10-12-28(35)13-11-24)37-20-31(40)27-4-2-3-26(19-27)30(39)14-7-23-5-8-25(9-6-23)34(42)36-15-17-43-18-16-38;1-21(27-20-45-33(32(27)42)26-10-11-28(35)29(36)18-26)38-19-31(41)25-4-2-3-24(17-25)30(40)12-7-22-5-8-23(9-6-22)34(43)37-13-15-44-16-14-39/h5-9,11-16,22,24,41,44H,10,17-21,23H2,1-4H3,(H,39,45);2-6,8-13,19,21,38,41H,7,14-18,20H2,1H3,(H,36,42);2-6,8-11,17-18,20,39,42H,7,12-16,19H2,1H3,(H,37,43). The van der Waals surface area contributed by atoms with Gasteiger partial charge in [0, 0.05) is 143 Å². The van der Waals surface area contributed by atoms with Gasteiger partial charge >= 0.3 is 0 Å². The number of Topliss-reactive ketones (excluding diaryl/α,β-unsaturated/α-hetero) is 6. The Bertz CT molecular complexity index is 6250. The maximum absolute atomic E-state index is 13.0. The number of aliphatic hydroxyl groups excluding tert-OH is 3. The molecule has 0 aliphatic rings. The fraction of sp³-hybridized carbons (Fsp3) is 0.264. The van der Waals surface area contributed by atoms with E-state index >= 15 is 0 Å². The SMILES string of the molecule is CC(=NCC(=O)c1cccc(C(=O)CCc2ccc(C(=O)NCCOCCO)cc2)c1)c1csc(-c2ccc(Br)cc2)c1O.CC(=NCC(=O)c1cccc(C(=O)CCc2ccc(C(=O)NCCOCCO)cc2)c1)c1csc(-c2ccc(C(C)(C)C)cc2)c1O.CC(=NCC(=O)c1cccc(C(=O)CCc2ccc(C(=O)NCCOCCO)cc2)c1)c1csc(-c2ccc(Cl)c(Cl)c2)c1O.